The van der Waals surface area contributed by atoms with E-state index >= 15 is 0 Å². The van der Waals surface area contributed by atoms with Crippen LogP contribution in [0.4, 0.5) is 0 Å². The fourth-order valence-corrected chi connectivity index (χ4v) is 4.22. The number of benzene rings is 2. The molecule has 3 N–H and O–H groups in total. The molecule has 144 valence electrons. The number of amides is 1. The van der Waals surface area contributed by atoms with Gasteiger partial charge in [-0.15, -0.1) is 0 Å². The molecule has 2 aromatic rings. The number of hydrogen-bond acceptors (Lipinski definition) is 6. The first-order valence-corrected chi connectivity index (χ1v) is 9.83. The van der Waals surface area contributed by atoms with Crippen molar-refractivity contribution in [2.24, 2.45) is 0 Å². The molecule has 0 bridgehead atoms. The summed E-state index contributed by atoms with van der Waals surface area (Å²) in [6, 6.07) is 14.9. The summed E-state index contributed by atoms with van der Waals surface area (Å²) in [7, 11) is -4.02. The van der Waals surface area contributed by atoms with Crippen molar-refractivity contribution in [3.8, 4) is 11.5 Å². The molecule has 3 rings (SSSR count). The molecule has 0 radical (unpaired) electrons. The summed E-state index contributed by atoms with van der Waals surface area (Å²) in [5, 5.41) is 8.99. The summed E-state index contributed by atoms with van der Waals surface area (Å²) in [4.78, 5) is 12.0. The first-order valence-electron chi connectivity index (χ1n) is 8.34. The third-order valence-corrected chi connectivity index (χ3v) is 5.77. The van der Waals surface area contributed by atoms with Crippen molar-refractivity contribution < 1.29 is 27.9 Å². The zero-order chi connectivity index (χ0) is 19.3. The van der Waals surface area contributed by atoms with Crippen LogP contribution in [-0.4, -0.2) is 38.3 Å². The van der Waals surface area contributed by atoms with E-state index in [1.807, 2.05) is 18.2 Å². The molecular formula is C18H20N2O6S. The van der Waals surface area contributed by atoms with Gasteiger partial charge < -0.3 is 9.47 Å². The van der Waals surface area contributed by atoms with Crippen molar-refractivity contribution >= 4 is 15.9 Å². The molecule has 1 fully saturated rings. The molecule has 1 heterocycles. The lowest BCUT2D eigenvalue weighted by Crippen LogP contribution is -2.62. The second-order valence-electron chi connectivity index (χ2n) is 6.17. The number of hydroxylamine groups is 1. The highest BCUT2D eigenvalue weighted by atomic mass is 32.2. The lowest BCUT2D eigenvalue weighted by atomic mass is 9.93. The predicted molar refractivity (Wildman–Crippen MR) is 96.0 cm³/mol. The third kappa shape index (κ3) is 4.45. The van der Waals surface area contributed by atoms with E-state index in [0.29, 0.717) is 24.5 Å². The summed E-state index contributed by atoms with van der Waals surface area (Å²) in [6.45, 7) is 0.265. The average Bonchev–Trinajstić information content (AvgIpc) is 2.69. The van der Waals surface area contributed by atoms with Crippen LogP contribution in [-0.2, 0) is 19.6 Å². The van der Waals surface area contributed by atoms with E-state index in [1.54, 1.807) is 12.1 Å². The Hall–Kier alpha value is -2.46. The van der Waals surface area contributed by atoms with E-state index in [-0.39, 0.29) is 17.9 Å². The molecule has 8 nitrogen and oxygen atoms in total. The zero-order valence-electron chi connectivity index (χ0n) is 14.4. The Labute approximate surface area is 157 Å². The Kier molecular flexibility index (Phi) is 5.76. The van der Waals surface area contributed by atoms with Crippen LogP contribution < -0.4 is 14.9 Å². The molecule has 1 amide bonds. The molecule has 0 spiro atoms. The molecule has 0 aliphatic carbocycles. The van der Waals surface area contributed by atoms with Crippen LogP contribution in [0.1, 0.15) is 12.8 Å². The van der Waals surface area contributed by atoms with Gasteiger partial charge in [-0.2, -0.15) is 4.72 Å². The highest BCUT2D eigenvalue weighted by molar-refractivity contribution is 7.89. The molecular weight excluding hydrogens is 372 g/mol. The lowest BCUT2D eigenvalue weighted by Gasteiger charge is -2.35. The molecule has 2 aromatic carbocycles. The normalized spacial score (nSPS) is 20.0. The van der Waals surface area contributed by atoms with E-state index in [4.69, 9.17) is 14.7 Å². The van der Waals surface area contributed by atoms with Crippen molar-refractivity contribution in [3.63, 3.8) is 0 Å². The van der Waals surface area contributed by atoms with Gasteiger partial charge in [-0.05, 0) is 49.2 Å². The van der Waals surface area contributed by atoms with E-state index in [0.717, 1.165) is 0 Å². The van der Waals surface area contributed by atoms with Gasteiger partial charge in [-0.25, -0.2) is 13.9 Å². The molecule has 1 aliphatic heterocycles. The lowest BCUT2D eigenvalue weighted by molar-refractivity contribution is -0.140. The monoisotopic (exact) mass is 392 g/mol. The molecule has 1 aliphatic rings. The Balaban J connectivity index is 1.78. The van der Waals surface area contributed by atoms with Crippen molar-refractivity contribution in [2.45, 2.75) is 23.3 Å². The Morgan fingerprint density at radius 2 is 1.74 bits per heavy atom. The van der Waals surface area contributed by atoms with Crippen LogP contribution >= 0.6 is 0 Å². The Morgan fingerprint density at radius 3 is 2.33 bits per heavy atom. The average molecular weight is 392 g/mol. The van der Waals surface area contributed by atoms with Gasteiger partial charge in [0.05, 0.1) is 11.5 Å². The maximum atomic E-state index is 12.7. The highest BCUT2D eigenvalue weighted by Gasteiger charge is 2.44. The summed E-state index contributed by atoms with van der Waals surface area (Å²) in [5.74, 6) is 0.253. The molecule has 27 heavy (non-hydrogen) atoms. The SMILES string of the molecule is O=C(NO)C1(NS(=O)(=O)c2ccc(Oc3ccccc3)cc2)CCCOC1. The number of ether oxygens (including phenoxy) is 2. The van der Waals surface area contributed by atoms with E-state index in [2.05, 4.69) is 4.72 Å². The van der Waals surface area contributed by atoms with Gasteiger partial charge in [0.15, 0.2) is 0 Å². The van der Waals surface area contributed by atoms with Crippen LogP contribution in [0.2, 0.25) is 0 Å². The first-order chi connectivity index (χ1) is 13.0. The second kappa shape index (κ2) is 8.05. The fourth-order valence-electron chi connectivity index (χ4n) is 2.84. The van der Waals surface area contributed by atoms with Crippen LogP contribution in [0, 0.1) is 0 Å². The largest absolute Gasteiger partial charge is 0.457 e. The number of carbonyl (C=O) groups excluding carboxylic acids is 1. The third-order valence-electron chi connectivity index (χ3n) is 4.22. The maximum Gasteiger partial charge on any atom is 0.267 e. The fraction of sp³-hybridized carbons (Fsp3) is 0.278. The zero-order valence-corrected chi connectivity index (χ0v) is 15.2. The number of nitrogens with one attached hydrogen (secondary N) is 2. The van der Waals surface area contributed by atoms with Crippen molar-refractivity contribution in [1.82, 2.24) is 10.2 Å². The minimum Gasteiger partial charge on any atom is -0.457 e. The quantitative estimate of drug-likeness (QED) is 0.510. The topological polar surface area (TPSA) is 114 Å². The summed E-state index contributed by atoms with van der Waals surface area (Å²) in [5.41, 5.74) is -0.0304. The standard InChI is InChI=1S/C18H20N2O6S/c21-17(19-22)18(11-4-12-25-13-18)20-27(23,24)16-9-7-15(8-10-16)26-14-5-2-1-3-6-14/h1-3,5-10,20,22H,4,11-13H2,(H,19,21). The van der Waals surface area contributed by atoms with Gasteiger partial charge in [-0.1, -0.05) is 18.2 Å². The molecule has 1 unspecified atom stereocenters. The Bertz CT molecular complexity index is 878. The predicted octanol–water partition coefficient (Wildman–Crippen LogP) is 1.81. The van der Waals surface area contributed by atoms with E-state index in [9.17, 15) is 13.2 Å². The maximum absolute atomic E-state index is 12.7. The van der Waals surface area contributed by atoms with Crippen molar-refractivity contribution in [3.05, 3.63) is 54.6 Å². The molecule has 1 atom stereocenters. The van der Waals surface area contributed by atoms with Crippen LogP contribution in [0.5, 0.6) is 11.5 Å². The van der Waals surface area contributed by atoms with Crippen LogP contribution in [0.15, 0.2) is 59.5 Å². The van der Waals surface area contributed by atoms with E-state index in [1.165, 1.54) is 29.7 Å². The molecule has 0 aromatic heterocycles. The van der Waals surface area contributed by atoms with Gasteiger partial charge in [0.2, 0.25) is 10.0 Å². The molecule has 0 saturated carbocycles. The highest BCUT2D eigenvalue weighted by Crippen LogP contribution is 2.25. The first kappa shape index (κ1) is 19.3. The number of sulfonamides is 1. The molecule has 9 heteroatoms. The minimum atomic E-state index is -4.02. The number of hydrogen-bond donors (Lipinski definition) is 3. The van der Waals surface area contributed by atoms with Gasteiger partial charge in [0.1, 0.15) is 17.0 Å². The van der Waals surface area contributed by atoms with Crippen LogP contribution in [0.25, 0.3) is 0 Å². The van der Waals surface area contributed by atoms with Crippen molar-refractivity contribution in [1.29, 1.82) is 0 Å². The number of rotatable bonds is 6. The second-order valence-corrected chi connectivity index (χ2v) is 7.85. The molecule has 1 saturated heterocycles. The Morgan fingerprint density at radius 1 is 1.07 bits per heavy atom. The number of para-hydroxylation sites is 1. The summed E-state index contributed by atoms with van der Waals surface area (Å²) < 4.78 is 38.7. The van der Waals surface area contributed by atoms with Crippen molar-refractivity contribution in [2.75, 3.05) is 13.2 Å². The van der Waals surface area contributed by atoms with E-state index < -0.39 is 21.5 Å². The van der Waals surface area contributed by atoms with Gasteiger partial charge in [0.25, 0.3) is 5.91 Å². The summed E-state index contributed by atoms with van der Waals surface area (Å²) >= 11 is 0. The summed E-state index contributed by atoms with van der Waals surface area (Å²) in [6.07, 6.45) is 0.702. The minimum absolute atomic E-state index is 0.0291. The van der Waals surface area contributed by atoms with Gasteiger partial charge in [0, 0.05) is 6.61 Å². The smallest absolute Gasteiger partial charge is 0.267 e. The van der Waals surface area contributed by atoms with Gasteiger partial charge >= 0.3 is 0 Å². The van der Waals surface area contributed by atoms with Crippen LogP contribution in [0.3, 0.4) is 0 Å². The number of carbonyl (C=O) groups is 1. The van der Waals surface area contributed by atoms with Gasteiger partial charge in [-0.3, -0.25) is 10.0 Å².